The molecular weight excluding hydrogens is 246 g/mol. The molecule has 6 heteroatoms. The third-order valence-corrected chi connectivity index (χ3v) is 1.93. The van der Waals surface area contributed by atoms with Gasteiger partial charge in [0.2, 0.25) is 5.82 Å². The molecule has 1 aromatic rings. The smallest absolute Gasteiger partial charge is 0.200 e. The number of benzene rings is 1. The van der Waals surface area contributed by atoms with E-state index in [1.165, 1.54) is 13.8 Å². The second-order valence-electron chi connectivity index (χ2n) is 3.70. The van der Waals surface area contributed by atoms with Crippen LogP contribution in [0.5, 0.6) is 0 Å². The van der Waals surface area contributed by atoms with Crippen LogP contribution in [0, 0.1) is 35.0 Å². The first-order valence-electron chi connectivity index (χ1n) is 4.66. The topological polar surface area (TPSA) is 0 Å². The molecule has 0 N–H and O–H groups in total. The van der Waals surface area contributed by atoms with Crippen LogP contribution in [-0.4, -0.2) is 0 Å². The summed E-state index contributed by atoms with van der Waals surface area (Å²) < 4.78 is 77.7. The van der Waals surface area contributed by atoms with Crippen molar-refractivity contribution in [3.8, 4) is 0 Å². The van der Waals surface area contributed by atoms with Gasteiger partial charge in [0.05, 0.1) is 5.56 Å². The highest BCUT2D eigenvalue weighted by Gasteiger charge is 2.27. The quantitative estimate of drug-likeness (QED) is 0.418. The van der Waals surface area contributed by atoms with Crippen LogP contribution in [0.3, 0.4) is 0 Å². The predicted molar refractivity (Wildman–Crippen MR) is 50.2 cm³/mol. The summed E-state index contributed by atoms with van der Waals surface area (Å²) in [6, 6.07) is 0. The molecule has 0 spiro atoms. The van der Waals surface area contributed by atoms with Crippen LogP contribution < -0.4 is 0 Å². The van der Waals surface area contributed by atoms with Gasteiger partial charge in [-0.1, -0.05) is 13.8 Å². The maximum atomic E-state index is 13.3. The Balaban J connectivity index is 3.55. The van der Waals surface area contributed by atoms with Gasteiger partial charge in [0.25, 0.3) is 0 Å². The Kier molecular flexibility index (Phi) is 3.85. The van der Waals surface area contributed by atoms with Gasteiger partial charge in [-0.05, 0) is 12.0 Å². The molecule has 0 fully saturated rings. The fraction of sp³-hybridized carbons (Fsp3) is 0.273. The lowest BCUT2D eigenvalue weighted by Crippen LogP contribution is -2.05. The highest BCUT2D eigenvalue weighted by atomic mass is 19.2. The number of halogens is 6. The first-order valence-corrected chi connectivity index (χ1v) is 4.66. The summed E-state index contributed by atoms with van der Waals surface area (Å²) in [5, 5.41) is 0. The summed E-state index contributed by atoms with van der Waals surface area (Å²) in [5.74, 6) is -12.9. The molecular formula is C11H8F6. The normalized spacial score (nSPS) is 12.4. The van der Waals surface area contributed by atoms with E-state index >= 15 is 0 Å². The Morgan fingerprint density at radius 2 is 1.18 bits per heavy atom. The number of allylic oxidation sites excluding steroid dienone is 1. The Morgan fingerprint density at radius 1 is 0.824 bits per heavy atom. The SMILES string of the molecule is CC(C)/C=C(\F)c1c(F)c(F)c(F)c(F)c1F. The van der Waals surface area contributed by atoms with Gasteiger partial charge in [-0.2, -0.15) is 0 Å². The Morgan fingerprint density at radius 3 is 1.53 bits per heavy atom. The van der Waals surface area contributed by atoms with Gasteiger partial charge >= 0.3 is 0 Å². The number of hydrogen-bond acceptors (Lipinski definition) is 0. The lowest BCUT2D eigenvalue weighted by atomic mass is 10.1. The largest absolute Gasteiger partial charge is 0.206 e. The lowest BCUT2D eigenvalue weighted by molar-refractivity contribution is 0.374. The van der Waals surface area contributed by atoms with E-state index in [2.05, 4.69) is 0 Å². The molecule has 0 radical (unpaired) electrons. The highest BCUT2D eigenvalue weighted by molar-refractivity contribution is 5.60. The van der Waals surface area contributed by atoms with E-state index in [0.717, 1.165) is 6.08 Å². The molecule has 0 heterocycles. The Hall–Kier alpha value is -1.46. The van der Waals surface area contributed by atoms with Crippen molar-refractivity contribution in [3.63, 3.8) is 0 Å². The molecule has 0 bridgehead atoms. The van der Waals surface area contributed by atoms with E-state index in [0.29, 0.717) is 0 Å². The van der Waals surface area contributed by atoms with Crippen LogP contribution in [-0.2, 0) is 0 Å². The Labute approximate surface area is 93.6 Å². The predicted octanol–water partition coefficient (Wildman–Crippen LogP) is 4.35. The molecule has 17 heavy (non-hydrogen) atoms. The number of rotatable bonds is 2. The van der Waals surface area contributed by atoms with Crippen molar-refractivity contribution in [2.24, 2.45) is 5.92 Å². The van der Waals surface area contributed by atoms with Gasteiger partial charge in [0.15, 0.2) is 23.3 Å². The van der Waals surface area contributed by atoms with Crippen molar-refractivity contribution in [1.29, 1.82) is 0 Å². The summed E-state index contributed by atoms with van der Waals surface area (Å²) in [6.45, 7) is 2.98. The molecule has 0 nitrogen and oxygen atoms in total. The fourth-order valence-electron chi connectivity index (χ4n) is 1.19. The third-order valence-electron chi connectivity index (χ3n) is 1.93. The van der Waals surface area contributed by atoms with Crippen LogP contribution in [0.15, 0.2) is 6.08 Å². The van der Waals surface area contributed by atoms with E-state index in [9.17, 15) is 26.3 Å². The lowest BCUT2D eigenvalue weighted by Gasteiger charge is -2.07. The summed E-state index contributed by atoms with van der Waals surface area (Å²) in [5.41, 5.74) is -1.53. The summed E-state index contributed by atoms with van der Waals surface area (Å²) in [7, 11) is 0. The third kappa shape index (κ3) is 2.45. The van der Waals surface area contributed by atoms with Crippen molar-refractivity contribution >= 4 is 5.83 Å². The standard InChI is InChI=1S/C11H8F6/c1-4(2)3-5(12)6-7(13)9(15)11(17)10(16)8(6)14/h3-4H,1-2H3/b5-3-. The molecule has 0 saturated heterocycles. The van der Waals surface area contributed by atoms with Crippen LogP contribution in [0.4, 0.5) is 26.3 Å². The maximum absolute atomic E-state index is 13.3. The Bertz CT molecular complexity index is 446. The van der Waals surface area contributed by atoms with Gasteiger partial charge in [-0.3, -0.25) is 0 Å². The monoisotopic (exact) mass is 254 g/mol. The van der Waals surface area contributed by atoms with Crippen molar-refractivity contribution < 1.29 is 26.3 Å². The fourth-order valence-corrected chi connectivity index (χ4v) is 1.19. The van der Waals surface area contributed by atoms with E-state index in [1.807, 2.05) is 0 Å². The average molecular weight is 254 g/mol. The van der Waals surface area contributed by atoms with Gasteiger partial charge in [0.1, 0.15) is 5.83 Å². The maximum Gasteiger partial charge on any atom is 0.200 e. The molecule has 0 aliphatic rings. The molecule has 0 unspecified atom stereocenters. The van der Waals surface area contributed by atoms with Gasteiger partial charge in [-0.15, -0.1) is 0 Å². The van der Waals surface area contributed by atoms with Crippen molar-refractivity contribution in [1.82, 2.24) is 0 Å². The highest BCUT2D eigenvalue weighted by Crippen LogP contribution is 2.29. The zero-order chi connectivity index (χ0) is 13.3. The van der Waals surface area contributed by atoms with Crippen molar-refractivity contribution in [2.75, 3.05) is 0 Å². The van der Waals surface area contributed by atoms with E-state index < -0.39 is 46.4 Å². The van der Waals surface area contributed by atoms with Gasteiger partial charge in [-0.25, -0.2) is 26.3 Å². The second kappa shape index (κ2) is 4.81. The van der Waals surface area contributed by atoms with E-state index in [1.54, 1.807) is 0 Å². The minimum Gasteiger partial charge on any atom is -0.206 e. The molecule has 0 aliphatic heterocycles. The minimum atomic E-state index is -2.30. The molecule has 94 valence electrons. The zero-order valence-electron chi connectivity index (χ0n) is 8.92. The van der Waals surface area contributed by atoms with Crippen LogP contribution in [0.1, 0.15) is 19.4 Å². The summed E-state index contributed by atoms with van der Waals surface area (Å²) in [4.78, 5) is 0. The van der Waals surface area contributed by atoms with Gasteiger partial charge in [0, 0.05) is 0 Å². The van der Waals surface area contributed by atoms with Crippen molar-refractivity contribution in [3.05, 3.63) is 40.7 Å². The van der Waals surface area contributed by atoms with Crippen LogP contribution in [0.2, 0.25) is 0 Å². The van der Waals surface area contributed by atoms with Crippen LogP contribution >= 0.6 is 0 Å². The van der Waals surface area contributed by atoms with E-state index in [-0.39, 0.29) is 0 Å². The first-order chi connectivity index (χ1) is 7.77. The average Bonchev–Trinajstić information content (AvgIpc) is 2.23. The van der Waals surface area contributed by atoms with Crippen LogP contribution in [0.25, 0.3) is 5.83 Å². The number of hydrogen-bond donors (Lipinski definition) is 0. The first kappa shape index (κ1) is 13.6. The molecule has 0 amide bonds. The molecule has 0 atom stereocenters. The molecule has 0 saturated carbocycles. The molecule has 1 aromatic carbocycles. The van der Waals surface area contributed by atoms with Crippen molar-refractivity contribution in [2.45, 2.75) is 13.8 Å². The van der Waals surface area contributed by atoms with E-state index in [4.69, 9.17) is 0 Å². The zero-order valence-corrected chi connectivity index (χ0v) is 8.92. The summed E-state index contributed by atoms with van der Waals surface area (Å²) >= 11 is 0. The summed E-state index contributed by atoms with van der Waals surface area (Å²) in [6.07, 6.45) is 0.762. The molecule has 0 aromatic heterocycles. The minimum absolute atomic E-state index is 0.440. The van der Waals surface area contributed by atoms with Gasteiger partial charge < -0.3 is 0 Å². The molecule has 0 aliphatic carbocycles. The molecule has 1 rings (SSSR count). The second-order valence-corrected chi connectivity index (χ2v) is 3.70.